The maximum atomic E-state index is 12.6. The van der Waals surface area contributed by atoms with E-state index in [4.69, 9.17) is 4.74 Å². The Balaban J connectivity index is 2.21. The third-order valence-corrected chi connectivity index (χ3v) is 6.06. The largest absolute Gasteiger partial charge is 0.380 e. The van der Waals surface area contributed by atoms with Crippen molar-refractivity contribution in [2.75, 3.05) is 13.2 Å². The molecule has 3 nitrogen and oxygen atoms in total. The number of hydrogen-bond acceptors (Lipinski definition) is 3. The summed E-state index contributed by atoms with van der Waals surface area (Å²) in [6.07, 6.45) is 3.09. The average molecular weight is 282 g/mol. The molecule has 0 aliphatic carbocycles. The number of benzene rings is 1. The monoisotopic (exact) mass is 282 g/mol. The Morgan fingerprint density at radius 1 is 1.21 bits per heavy atom. The van der Waals surface area contributed by atoms with Crippen molar-refractivity contribution in [3.8, 4) is 0 Å². The number of hydrogen-bond donors (Lipinski definition) is 0. The Bertz CT molecular complexity index is 505. The van der Waals surface area contributed by atoms with Gasteiger partial charge in [-0.1, -0.05) is 37.5 Å². The topological polar surface area (TPSA) is 43.4 Å². The summed E-state index contributed by atoms with van der Waals surface area (Å²) in [6, 6.07) is 7.12. The molecule has 2 atom stereocenters. The van der Waals surface area contributed by atoms with Gasteiger partial charge in [-0.25, -0.2) is 8.42 Å². The van der Waals surface area contributed by atoms with Crippen molar-refractivity contribution in [2.45, 2.75) is 43.3 Å². The average Bonchev–Trinajstić information content (AvgIpc) is 2.86. The molecule has 0 aromatic heterocycles. The lowest BCUT2D eigenvalue weighted by atomic mass is 10.0. The first-order valence-electron chi connectivity index (χ1n) is 6.94. The van der Waals surface area contributed by atoms with Crippen LogP contribution in [0, 0.1) is 12.8 Å². The normalized spacial score (nSPS) is 23.7. The van der Waals surface area contributed by atoms with Crippen molar-refractivity contribution in [1.29, 1.82) is 0 Å². The van der Waals surface area contributed by atoms with Crippen molar-refractivity contribution in [2.24, 2.45) is 5.92 Å². The van der Waals surface area contributed by atoms with E-state index in [1.54, 1.807) is 12.1 Å². The minimum Gasteiger partial charge on any atom is -0.380 e. The molecule has 1 aromatic rings. The van der Waals surface area contributed by atoms with Crippen LogP contribution in [-0.2, 0) is 14.6 Å². The van der Waals surface area contributed by atoms with E-state index in [0.29, 0.717) is 18.1 Å². The van der Waals surface area contributed by atoms with Crippen molar-refractivity contribution in [3.05, 3.63) is 29.8 Å². The molecule has 0 radical (unpaired) electrons. The molecule has 4 heteroatoms. The summed E-state index contributed by atoms with van der Waals surface area (Å²) in [4.78, 5) is 0.426. The van der Waals surface area contributed by atoms with Crippen molar-refractivity contribution < 1.29 is 13.2 Å². The zero-order valence-electron chi connectivity index (χ0n) is 11.6. The number of aryl methyl sites for hydroxylation is 1. The number of rotatable bonds is 5. The molecule has 0 amide bonds. The van der Waals surface area contributed by atoms with Gasteiger partial charge >= 0.3 is 0 Å². The molecule has 2 unspecified atom stereocenters. The Morgan fingerprint density at radius 2 is 1.89 bits per heavy atom. The second-order valence-corrected chi connectivity index (χ2v) is 7.50. The quantitative estimate of drug-likeness (QED) is 0.834. The molecule has 0 bridgehead atoms. The molecular formula is C15H22O3S. The van der Waals surface area contributed by atoms with Gasteiger partial charge < -0.3 is 4.74 Å². The zero-order chi connectivity index (χ0) is 13.9. The van der Waals surface area contributed by atoms with Gasteiger partial charge in [0.1, 0.15) is 0 Å². The lowest BCUT2D eigenvalue weighted by Crippen LogP contribution is -2.29. The van der Waals surface area contributed by atoms with Crippen molar-refractivity contribution >= 4 is 9.84 Å². The minimum absolute atomic E-state index is 0.145. The Kier molecular flexibility index (Phi) is 4.63. The van der Waals surface area contributed by atoms with Crippen molar-refractivity contribution in [3.63, 3.8) is 0 Å². The van der Waals surface area contributed by atoms with Crippen LogP contribution >= 0.6 is 0 Å². The Labute approximate surface area is 115 Å². The van der Waals surface area contributed by atoms with Gasteiger partial charge in [-0.15, -0.1) is 0 Å². The van der Waals surface area contributed by atoms with Gasteiger partial charge in [-0.3, -0.25) is 0 Å². The first-order chi connectivity index (χ1) is 9.05. The zero-order valence-corrected chi connectivity index (χ0v) is 12.4. The van der Waals surface area contributed by atoms with Crippen LogP contribution in [0.15, 0.2) is 29.2 Å². The van der Waals surface area contributed by atoms with E-state index in [0.717, 1.165) is 24.8 Å². The smallest absolute Gasteiger partial charge is 0.183 e. The standard InChI is InChI=1S/C15H22O3S/c1-3-4-5-13-10-18-11-15(13)19(16,17)14-8-6-12(2)7-9-14/h6-9,13,15H,3-5,10-11H2,1-2H3. The molecule has 1 aromatic carbocycles. The summed E-state index contributed by atoms with van der Waals surface area (Å²) in [6.45, 7) is 5.00. The lowest BCUT2D eigenvalue weighted by molar-refractivity contribution is 0.184. The summed E-state index contributed by atoms with van der Waals surface area (Å²) in [7, 11) is -3.26. The van der Waals surface area contributed by atoms with Gasteiger partial charge in [0, 0.05) is 5.92 Å². The minimum atomic E-state index is -3.26. The van der Waals surface area contributed by atoms with Gasteiger partial charge in [-0.05, 0) is 25.5 Å². The maximum absolute atomic E-state index is 12.6. The Hall–Kier alpha value is -0.870. The molecule has 1 saturated heterocycles. The molecule has 1 aliphatic rings. The molecule has 2 rings (SSSR count). The maximum Gasteiger partial charge on any atom is 0.183 e. The number of ether oxygens (including phenoxy) is 1. The third-order valence-electron chi connectivity index (χ3n) is 3.82. The Morgan fingerprint density at radius 3 is 2.53 bits per heavy atom. The SMILES string of the molecule is CCCCC1COCC1S(=O)(=O)c1ccc(C)cc1. The highest BCUT2D eigenvalue weighted by Gasteiger charge is 2.38. The highest BCUT2D eigenvalue weighted by atomic mass is 32.2. The predicted octanol–water partition coefficient (Wildman–Crippen LogP) is 2.97. The molecule has 19 heavy (non-hydrogen) atoms. The van der Waals surface area contributed by atoms with Crippen LogP contribution in [0.4, 0.5) is 0 Å². The fourth-order valence-corrected chi connectivity index (χ4v) is 4.42. The summed E-state index contributed by atoms with van der Waals surface area (Å²) >= 11 is 0. The van der Waals surface area contributed by atoms with Crippen LogP contribution in [0.3, 0.4) is 0 Å². The number of sulfone groups is 1. The molecule has 1 heterocycles. The first kappa shape index (κ1) is 14.5. The van der Waals surface area contributed by atoms with Gasteiger partial charge in [-0.2, -0.15) is 0 Å². The fourth-order valence-electron chi connectivity index (χ4n) is 2.56. The van der Waals surface area contributed by atoms with Crippen LogP contribution in [0.1, 0.15) is 31.7 Å². The van der Waals surface area contributed by atoms with Crippen LogP contribution in [0.5, 0.6) is 0 Å². The van der Waals surface area contributed by atoms with Crippen LogP contribution in [-0.4, -0.2) is 26.9 Å². The molecule has 0 saturated carbocycles. The van der Waals surface area contributed by atoms with E-state index in [9.17, 15) is 8.42 Å². The van der Waals surface area contributed by atoms with E-state index in [-0.39, 0.29) is 11.2 Å². The van der Waals surface area contributed by atoms with E-state index in [2.05, 4.69) is 6.92 Å². The molecule has 1 aliphatic heterocycles. The highest BCUT2D eigenvalue weighted by molar-refractivity contribution is 7.92. The first-order valence-corrected chi connectivity index (χ1v) is 8.48. The molecule has 106 valence electrons. The third kappa shape index (κ3) is 3.18. The highest BCUT2D eigenvalue weighted by Crippen LogP contribution is 2.30. The predicted molar refractivity (Wildman–Crippen MR) is 76.0 cm³/mol. The number of unbranched alkanes of at least 4 members (excludes halogenated alkanes) is 1. The molecule has 0 spiro atoms. The van der Waals surface area contributed by atoms with Crippen LogP contribution < -0.4 is 0 Å². The van der Waals surface area contributed by atoms with E-state index in [1.807, 2.05) is 19.1 Å². The van der Waals surface area contributed by atoms with Crippen LogP contribution in [0.25, 0.3) is 0 Å². The van der Waals surface area contributed by atoms with Gasteiger partial charge in [0.15, 0.2) is 9.84 Å². The fraction of sp³-hybridized carbons (Fsp3) is 0.600. The molecule has 1 fully saturated rings. The molecule has 0 N–H and O–H groups in total. The van der Waals surface area contributed by atoms with E-state index >= 15 is 0 Å². The van der Waals surface area contributed by atoms with Gasteiger partial charge in [0.05, 0.1) is 23.4 Å². The van der Waals surface area contributed by atoms with E-state index in [1.165, 1.54) is 0 Å². The second kappa shape index (κ2) is 6.06. The van der Waals surface area contributed by atoms with E-state index < -0.39 is 9.84 Å². The lowest BCUT2D eigenvalue weighted by Gasteiger charge is -2.18. The van der Waals surface area contributed by atoms with Crippen LogP contribution in [0.2, 0.25) is 0 Å². The molecular weight excluding hydrogens is 260 g/mol. The summed E-state index contributed by atoms with van der Waals surface area (Å²) < 4.78 is 30.7. The summed E-state index contributed by atoms with van der Waals surface area (Å²) in [5.41, 5.74) is 1.07. The van der Waals surface area contributed by atoms with Crippen molar-refractivity contribution in [1.82, 2.24) is 0 Å². The summed E-state index contributed by atoms with van der Waals surface area (Å²) in [5.74, 6) is 0.145. The second-order valence-electron chi connectivity index (χ2n) is 5.34. The van der Waals surface area contributed by atoms with Gasteiger partial charge in [0.2, 0.25) is 0 Å². The van der Waals surface area contributed by atoms with Gasteiger partial charge in [0.25, 0.3) is 0 Å². The summed E-state index contributed by atoms with van der Waals surface area (Å²) in [5, 5.41) is -0.373.